The van der Waals surface area contributed by atoms with Crippen molar-refractivity contribution >= 4 is 11.5 Å². The molecule has 1 aromatic heterocycles. The van der Waals surface area contributed by atoms with Gasteiger partial charge in [-0.3, -0.25) is 0 Å². The molecule has 0 aliphatic heterocycles. The monoisotopic (exact) mass is 238 g/mol. The van der Waals surface area contributed by atoms with Crippen molar-refractivity contribution < 1.29 is 15.3 Å². The number of nitrogen functional groups attached to an aromatic ring is 1. The first-order valence-corrected chi connectivity index (χ1v) is 4.87. The van der Waals surface area contributed by atoms with Gasteiger partial charge in [0.15, 0.2) is 0 Å². The van der Waals surface area contributed by atoms with E-state index >= 15 is 0 Å². The minimum absolute atomic E-state index is 0.152. The van der Waals surface area contributed by atoms with Crippen LogP contribution >= 0.6 is 0 Å². The lowest BCUT2D eigenvalue weighted by Crippen LogP contribution is -2.49. The standard InChI is InChI=1S/C10H14N4O3/c11-2-7-1-8(12)3-13-9(7)14-10(4-15,5-16)6-17/h1,3,15-17H,4-6,12H2,(H,13,14). The Morgan fingerprint density at radius 1 is 1.35 bits per heavy atom. The quantitative estimate of drug-likeness (QED) is 0.428. The number of hydrogen-bond acceptors (Lipinski definition) is 7. The SMILES string of the molecule is N#Cc1cc(N)cnc1NC(CO)(CO)CO. The second-order valence-corrected chi connectivity index (χ2v) is 3.66. The third-order valence-corrected chi connectivity index (χ3v) is 2.32. The zero-order valence-corrected chi connectivity index (χ0v) is 9.09. The number of pyridine rings is 1. The number of rotatable bonds is 5. The summed E-state index contributed by atoms with van der Waals surface area (Å²) in [5.41, 5.74) is 4.65. The smallest absolute Gasteiger partial charge is 0.144 e. The van der Waals surface area contributed by atoms with Gasteiger partial charge in [0.25, 0.3) is 0 Å². The van der Waals surface area contributed by atoms with Gasteiger partial charge < -0.3 is 26.4 Å². The molecule has 0 fully saturated rings. The fourth-order valence-electron chi connectivity index (χ4n) is 1.19. The summed E-state index contributed by atoms with van der Waals surface area (Å²) in [7, 11) is 0. The van der Waals surface area contributed by atoms with Gasteiger partial charge in [-0.1, -0.05) is 0 Å². The minimum atomic E-state index is -1.32. The Morgan fingerprint density at radius 2 is 1.94 bits per heavy atom. The molecule has 0 aliphatic carbocycles. The first-order valence-electron chi connectivity index (χ1n) is 4.87. The number of nitrogens with zero attached hydrogens (tertiary/aromatic N) is 2. The molecule has 0 saturated carbocycles. The summed E-state index contributed by atoms with van der Waals surface area (Å²) in [6.45, 7) is -1.51. The van der Waals surface area contributed by atoms with Gasteiger partial charge in [-0.05, 0) is 6.07 Å². The van der Waals surface area contributed by atoms with E-state index in [0.717, 1.165) is 0 Å². The van der Waals surface area contributed by atoms with Gasteiger partial charge in [0.2, 0.25) is 0 Å². The predicted octanol–water partition coefficient (Wildman–Crippen LogP) is -1.34. The lowest BCUT2D eigenvalue weighted by molar-refractivity contribution is 0.0831. The van der Waals surface area contributed by atoms with Gasteiger partial charge in [-0.25, -0.2) is 4.98 Å². The molecule has 1 heterocycles. The van der Waals surface area contributed by atoms with Crippen LogP contribution in [0.4, 0.5) is 11.5 Å². The van der Waals surface area contributed by atoms with Crippen LogP contribution in [0.1, 0.15) is 5.56 Å². The number of aromatic nitrogens is 1. The van der Waals surface area contributed by atoms with Crippen molar-refractivity contribution in [1.29, 1.82) is 5.26 Å². The maximum atomic E-state index is 9.14. The van der Waals surface area contributed by atoms with Crippen LogP contribution in [0.5, 0.6) is 0 Å². The third kappa shape index (κ3) is 2.82. The van der Waals surface area contributed by atoms with Crippen LogP contribution in [0.15, 0.2) is 12.3 Å². The van der Waals surface area contributed by atoms with Crippen molar-refractivity contribution in [3.05, 3.63) is 17.8 Å². The summed E-state index contributed by atoms with van der Waals surface area (Å²) in [6.07, 6.45) is 1.33. The van der Waals surface area contributed by atoms with Crippen LogP contribution in [-0.4, -0.2) is 45.7 Å². The van der Waals surface area contributed by atoms with E-state index in [0.29, 0.717) is 5.69 Å². The molecule has 7 heteroatoms. The van der Waals surface area contributed by atoms with Crippen LogP contribution in [0, 0.1) is 11.3 Å². The number of anilines is 2. The van der Waals surface area contributed by atoms with E-state index in [1.165, 1.54) is 12.3 Å². The number of aliphatic hydroxyl groups excluding tert-OH is 3. The van der Waals surface area contributed by atoms with Crippen molar-refractivity contribution in [2.24, 2.45) is 0 Å². The summed E-state index contributed by atoms with van der Waals surface area (Å²) >= 11 is 0. The Labute approximate surface area is 98.1 Å². The molecule has 1 aromatic rings. The van der Waals surface area contributed by atoms with Crippen molar-refractivity contribution in [2.45, 2.75) is 5.54 Å². The van der Waals surface area contributed by atoms with Crippen LogP contribution in [-0.2, 0) is 0 Å². The van der Waals surface area contributed by atoms with Crippen LogP contribution in [0.2, 0.25) is 0 Å². The molecule has 6 N–H and O–H groups in total. The number of nitrogens with two attached hydrogens (primary N) is 1. The summed E-state index contributed by atoms with van der Waals surface area (Å²) in [6, 6.07) is 3.29. The lowest BCUT2D eigenvalue weighted by Gasteiger charge is -2.29. The average molecular weight is 238 g/mol. The van der Waals surface area contributed by atoms with Crippen LogP contribution in [0.25, 0.3) is 0 Å². The van der Waals surface area contributed by atoms with E-state index < -0.39 is 25.4 Å². The first kappa shape index (κ1) is 13.2. The molecule has 0 aromatic carbocycles. The molecular formula is C10H14N4O3. The summed E-state index contributed by atoms with van der Waals surface area (Å²) in [4.78, 5) is 3.89. The van der Waals surface area contributed by atoms with Gasteiger partial charge >= 0.3 is 0 Å². The van der Waals surface area contributed by atoms with E-state index in [9.17, 15) is 0 Å². The summed E-state index contributed by atoms with van der Waals surface area (Å²) in [5, 5.41) is 38.9. The molecule has 0 radical (unpaired) electrons. The van der Waals surface area contributed by atoms with Crippen molar-refractivity contribution in [1.82, 2.24) is 4.98 Å². The second-order valence-electron chi connectivity index (χ2n) is 3.66. The minimum Gasteiger partial charge on any atom is -0.397 e. The third-order valence-electron chi connectivity index (χ3n) is 2.32. The molecule has 17 heavy (non-hydrogen) atoms. The highest BCUT2D eigenvalue weighted by Gasteiger charge is 2.29. The molecule has 0 atom stereocenters. The molecule has 0 aliphatic rings. The molecule has 0 bridgehead atoms. The molecule has 0 unspecified atom stereocenters. The highest BCUT2D eigenvalue weighted by molar-refractivity contribution is 5.58. The fourth-order valence-corrected chi connectivity index (χ4v) is 1.19. The number of aliphatic hydroxyl groups is 3. The van der Waals surface area contributed by atoms with Crippen LogP contribution < -0.4 is 11.1 Å². The zero-order chi connectivity index (χ0) is 12.9. The Bertz CT molecular complexity index is 418. The van der Waals surface area contributed by atoms with E-state index in [-0.39, 0.29) is 11.4 Å². The van der Waals surface area contributed by atoms with E-state index in [2.05, 4.69) is 10.3 Å². The Morgan fingerprint density at radius 3 is 2.41 bits per heavy atom. The van der Waals surface area contributed by atoms with Crippen molar-refractivity contribution in [3.63, 3.8) is 0 Å². The molecule has 0 amide bonds. The highest BCUT2D eigenvalue weighted by atomic mass is 16.3. The second kappa shape index (κ2) is 5.45. The first-order chi connectivity index (χ1) is 8.10. The fraction of sp³-hybridized carbons (Fsp3) is 0.400. The summed E-state index contributed by atoms with van der Waals surface area (Å²) < 4.78 is 0. The Hall–Kier alpha value is -1.88. The Kier molecular flexibility index (Phi) is 4.23. The van der Waals surface area contributed by atoms with Crippen molar-refractivity contribution in [2.75, 3.05) is 30.9 Å². The molecular weight excluding hydrogens is 224 g/mol. The van der Waals surface area contributed by atoms with Gasteiger partial charge in [0.05, 0.1) is 37.3 Å². The molecule has 7 nitrogen and oxygen atoms in total. The highest BCUT2D eigenvalue weighted by Crippen LogP contribution is 2.18. The average Bonchev–Trinajstić information content (AvgIpc) is 2.37. The van der Waals surface area contributed by atoms with Gasteiger partial charge in [-0.2, -0.15) is 5.26 Å². The molecule has 1 rings (SSSR count). The van der Waals surface area contributed by atoms with Crippen LogP contribution in [0.3, 0.4) is 0 Å². The maximum absolute atomic E-state index is 9.14. The largest absolute Gasteiger partial charge is 0.397 e. The maximum Gasteiger partial charge on any atom is 0.144 e. The van der Waals surface area contributed by atoms with Gasteiger partial charge in [0.1, 0.15) is 17.4 Å². The van der Waals surface area contributed by atoms with E-state index in [1.54, 1.807) is 0 Å². The lowest BCUT2D eigenvalue weighted by atomic mass is 10.0. The number of hydrogen-bond donors (Lipinski definition) is 5. The Balaban J connectivity index is 3.06. The summed E-state index contributed by atoms with van der Waals surface area (Å²) in [5.74, 6) is 0.152. The molecule has 0 spiro atoms. The normalized spacial score (nSPS) is 10.9. The zero-order valence-electron chi connectivity index (χ0n) is 9.09. The topological polar surface area (TPSA) is 135 Å². The van der Waals surface area contributed by atoms with E-state index in [4.69, 9.17) is 26.3 Å². The number of nitriles is 1. The predicted molar refractivity (Wildman–Crippen MR) is 61.0 cm³/mol. The van der Waals surface area contributed by atoms with E-state index in [1.807, 2.05) is 6.07 Å². The van der Waals surface area contributed by atoms with Gasteiger partial charge in [-0.15, -0.1) is 0 Å². The molecule has 92 valence electrons. The molecule has 0 saturated heterocycles. The van der Waals surface area contributed by atoms with Gasteiger partial charge in [0, 0.05) is 0 Å². The number of nitrogens with one attached hydrogen (secondary N) is 1. The van der Waals surface area contributed by atoms with Crippen molar-refractivity contribution in [3.8, 4) is 6.07 Å².